The zero-order chi connectivity index (χ0) is 15.5. The van der Waals surface area contributed by atoms with E-state index < -0.39 is 5.97 Å². The molecule has 0 aliphatic carbocycles. The Morgan fingerprint density at radius 1 is 1.32 bits per heavy atom. The average molecular weight is 297 g/mol. The van der Waals surface area contributed by atoms with Crippen molar-refractivity contribution in [3.05, 3.63) is 58.5 Å². The summed E-state index contributed by atoms with van der Waals surface area (Å²) in [6, 6.07) is 11.4. The van der Waals surface area contributed by atoms with Crippen LogP contribution in [0.25, 0.3) is 16.9 Å². The van der Waals surface area contributed by atoms with E-state index in [0.29, 0.717) is 11.2 Å². The SMILES string of the molecule is CCOC(=O)Cc1cnc2cc(-c3ccccc3)[nH]n2c1=O. The molecular formula is C16H15N3O3. The second-order valence-corrected chi connectivity index (χ2v) is 4.80. The van der Waals surface area contributed by atoms with Gasteiger partial charge in [0.2, 0.25) is 0 Å². The van der Waals surface area contributed by atoms with Gasteiger partial charge in [0, 0.05) is 17.8 Å². The molecule has 0 radical (unpaired) electrons. The van der Waals surface area contributed by atoms with Crippen LogP contribution in [-0.2, 0) is 16.0 Å². The number of carbonyl (C=O) groups is 1. The zero-order valence-electron chi connectivity index (χ0n) is 12.1. The molecule has 1 aromatic carbocycles. The first-order valence-corrected chi connectivity index (χ1v) is 6.99. The lowest BCUT2D eigenvalue weighted by Gasteiger charge is -2.01. The third kappa shape index (κ3) is 2.63. The Kier molecular flexibility index (Phi) is 3.74. The van der Waals surface area contributed by atoms with Crippen LogP contribution in [0, 0.1) is 0 Å². The number of rotatable bonds is 4. The van der Waals surface area contributed by atoms with Crippen molar-refractivity contribution in [3.63, 3.8) is 0 Å². The van der Waals surface area contributed by atoms with Gasteiger partial charge in [-0.3, -0.25) is 14.7 Å². The molecule has 6 heteroatoms. The van der Waals surface area contributed by atoms with E-state index in [9.17, 15) is 9.59 Å². The molecule has 0 saturated carbocycles. The maximum Gasteiger partial charge on any atom is 0.310 e. The molecule has 3 rings (SSSR count). The highest BCUT2D eigenvalue weighted by atomic mass is 16.5. The number of H-pyrrole nitrogens is 1. The Morgan fingerprint density at radius 2 is 2.09 bits per heavy atom. The fourth-order valence-electron chi connectivity index (χ4n) is 2.25. The lowest BCUT2D eigenvalue weighted by Crippen LogP contribution is -2.22. The Bertz CT molecular complexity index is 865. The van der Waals surface area contributed by atoms with Gasteiger partial charge in [0.25, 0.3) is 5.56 Å². The topological polar surface area (TPSA) is 76.5 Å². The van der Waals surface area contributed by atoms with Gasteiger partial charge in [-0.25, -0.2) is 9.50 Å². The van der Waals surface area contributed by atoms with Crippen LogP contribution in [0.2, 0.25) is 0 Å². The number of nitrogens with zero attached hydrogens (tertiary/aromatic N) is 2. The lowest BCUT2D eigenvalue weighted by molar-refractivity contribution is -0.142. The summed E-state index contributed by atoms with van der Waals surface area (Å²) in [5.41, 5.74) is 2.27. The number of fused-ring (bicyclic) bond motifs is 1. The van der Waals surface area contributed by atoms with Crippen molar-refractivity contribution in [2.45, 2.75) is 13.3 Å². The fourth-order valence-corrected chi connectivity index (χ4v) is 2.25. The van der Waals surface area contributed by atoms with E-state index in [0.717, 1.165) is 11.3 Å². The summed E-state index contributed by atoms with van der Waals surface area (Å²) in [6.45, 7) is 2.01. The van der Waals surface area contributed by atoms with Crippen LogP contribution in [0.15, 0.2) is 47.4 Å². The first kappa shape index (κ1) is 14.1. The number of hydrogen-bond acceptors (Lipinski definition) is 4. The summed E-state index contributed by atoms with van der Waals surface area (Å²) in [5.74, 6) is -0.434. The second-order valence-electron chi connectivity index (χ2n) is 4.80. The minimum absolute atomic E-state index is 0.0810. The molecule has 0 bridgehead atoms. The van der Waals surface area contributed by atoms with Crippen LogP contribution in [0.1, 0.15) is 12.5 Å². The number of nitrogens with one attached hydrogen (secondary N) is 1. The summed E-state index contributed by atoms with van der Waals surface area (Å²) in [6.07, 6.45) is 1.35. The highest BCUT2D eigenvalue weighted by molar-refractivity contribution is 5.72. The van der Waals surface area contributed by atoms with Crippen molar-refractivity contribution in [1.82, 2.24) is 14.6 Å². The monoisotopic (exact) mass is 297 g/mol. The molecule has 112 valence electrons. The molecular weight excluding hydrogens is 282 g/mol. The zero-order valence-corrected chi connectivity index (χ0v) is 12.1. The Balaban J connectivity index is 2.01. The highest BCUT2D eigenvalue weighted by Crippen LogP contribution is 2.17. The standard InChI is InChI=1S/C16H15N3O3/c1-2-22-15(20)8-12-10-17-14-9-13(18-19(14)16(12)21)11-6-4-3-5-7-11/h3-7,9-10,18H,2,8H2,1H3. The largest absolute Gasteiger partial charge is 0.466 e. The molecule has 0 atom stereocenters. The van der Waals surface area contributed by atoms with Crippen LogP contribution in [0.4, 0.5) is 0 Å². The van der Waals surface area contributed by atoms with Crippen molar-refractivity contribution < 1.29 is 9.53 Å². The molecule has 3 aromatic rings. The van der Waals surface area contributed by atoms with E-state index >= 15 is 0 Å². The molecule has 0 amide bonds. The van der Waals surface area contributed by atoms with E-state index in [2.05, 4.69) is 10.1 Å². The van der Waals surface area contributed by atoms with E-state index in [1.54, 1.807) is 13.0 Å². The lowest BCUT2D eigenvalue weighted by atomic mass is 10.2. The maximum atomic E-state index is 12.4. The number of ether oxygens (including phenoxy) is 1. The van der Waals surface area contributed by atoms with E-state index in [-0.39, 0.29) is 18.6 Å². The highest BCUT2D eigenvalue weighted by Gasteiger charge is 2.12. The van der Waals surface area contributed by atoms with Crippen molar-refractivity contribution in [2.75, 3.05) is 6.61 Å². The van der Waals surface area contributed by atoms with Gasteiger partial charge in [-0.1, -0.05) is 30.3 Å². The van der Waals surface area contributed by atoms with Crippen molar-refractivity contribution in [1.29, 1.82) is 0 Å². The summed E-state index contributed by atoms with van der Waals surface area (Å²) < 4.78 is 6.21. The van der Waals surface area contributed by atoms with Gasteiger partial charge in [-0.15, -0.1) is 0 Å². The third-order valence-corrected chi connectivity index (χ3v) is 3.29. The van der Waals surface area contributed by atoms with Crippen LogP contribution >= 0.6 is 0 Å². The van der Waals surface area contributed by atoms with E-state index in [1.165, 1.54) is 10.7 Å². The third-order valence-electron chi connectivity index (χ3n) is 3.29. The molecule has 1 N–H and O–H groups in total. The Labute approximate surface area is 126 Å². The first-order chi connectivity index (χ1) is 10.7. The van der Waals surface area contributed by atoms with Crippen LogP contribution < -0.4 is 5.56 Å². The number of aromatic amines is 1. The molecule has 2 heterocycles. The maximum absolute atomic E-state index is 12.4. The minimum atomic E-state index is -0.434. The smallest absolute Gasteiger partial charge is 0.310 e. The molecule has 2 aromatic heterocycles. The van der Waals surface area contributed by atoms with Gasteiger partial charge in [0.05, 0.1) is 18.7 Å². The van der Waals surface area contributed by atoms with Gasteiger partial charge in [0.1, 0.15) is 0 Å². The molecule has 0 aliphatic heterocycles. The average Bonchev–Trinajstić information content (AvgIpc) is 2.96. The normalized spacial score (nSPS) is 10.8. The Hall–Kier alpha value is -2.89. The van der Waals surface area contributed by atoms with Crippen molar-refractivity contribution in [2.24, 2.45) is 0 Å². The number of esters is 1. The van der Waals surface area contributed by atoms with Crippen LogP contribution in [0.3, 0.4) is 0 Å². The van der Waals surface area contributed by atoms with Crippen molar-refractivity contribution >= 4 is 11.6 Å². The molecule has 0 spiro atoms. The summed E-state index contributed by atoms with van der Waals surface area (Å²) in [4.78, 5) is 28.1. The first-order valence-electron chi connectivity index (χ1n) is 6.99. The van der Waals surface area contributed by atoms with Gasteiger partial charge in [0.15, 0.2) is 5.65 Å². The predicted octanol–water partition coefficient (Wildman–Crippen LogP) is 1.80. The van der Waals surface area contributed by atoms with E-state index in [4.69, 9.17) is 4.74 Å². The quantitative estimate of drug-likeness (QED) is 0.745. The predicted molar refractivity (Wildman–Crippen MR) is 81.6 cm³/mol. The minimum Gasteiger partial charge on any atom is -0.466 e. The van der Waals surface area contributed by atoms with Crippen LogP contribution in [-0.4, -0.2) is 27.2 Å². The van der Waals surface area contributed by atoms with Crippen LogP contribution in [0.5, 0.6) is 0 Å². The summed E-state index contributed by atoms with van der Waals surface area (Å²) in [5, 5.41) is 3.02. The molecule has 6 nitrogen and oxygen atoms in total. The molecule has 0 fully saturated rings. The molecule has 22 heavy (non-hydrogen) atoms. The molecule has 0 saturated heterocycles. The van der Waals surface area contributed by atoms with E-state index in [1.807, 2.05) is 30.3 Å². The number of aromatic nitrogens is 3. The van der Waals surface area contributed by atoms with Gasteiger partial charge in [-0.2, -0.15) is 0 Å². The number of hydrogen-bond donors (Lipinski definition) is 1. The molecule has 0 unspecified atom stereocenters. The second kappa shape index (κ2) is 5.85. The van der Waals surface area contributed by atoms with Crippen molar-refractivity contribution in [3.8, 4) is 11.3 Å². The number of carbonyl (C=O) groups excluding carboxylic acids is 1. The Morgan fingerprint density at radius 3 is 2.82 bits per heavy atom. The van der Waals surface area contributed by atoms with Gasteiger partial charge < -0.3 is 4.74 Å². The fraction of sp³-hybridized carbons (Fsp3) is 0.188. The van der Waals surface area contributed by atoms with Gasteiger partial charge >= 0.3 is 5.97 Å². The summed E-state index contributed by atoms with van der Waals surface area (Å²) >= 11 is 0. The summed E-state index contributed by atoms with van der Waals surface area (Å²) in [7, 11) is 0. The molecule has 0 aliphatic rings. The van der Waals surface area contributed by atoms with Gasteiger partial charge in [-0.05, 0) is 12.5 Å². The number of benzene rings is 1.